The molecular formula is C21H28N2O5S. The van der Waals surface area contributed by atoms with Crippen molar-refractivity contribution in [3.63, 3.8) is 0 Å². The minimum absolute atomic E-state index is 0.229. The molecule has 1 aromatic carbocycles. The number of rotatable bonds is 6. The normalized spacial score (nSPS) is 15.7. The van der Waals surface area contributed by atoms with E-state index in [4.69, 9.17) is 9.15 Å². The molecule has 158 valence electrons. The van der Waals surface area contributed by atoms with Crippen molar-refractivity contribution in [1.29, 1.82) is 0 Å². The molecule has 2 aromatic rings. The van der Waals surface area contributed by atoms with Crippen LogP contribution in [0.25, 0.3) is 0 Å². The number of amides is 1. The molecule has 0 aliphatic carbocycles. The number of piperazine rings is 1. The van der Waals surface area contributed by atoms with Crippen molar-refractivity contribution in [3.05, 3.63) is 52.5 Å². The van der Waals surface area contributed by atoms with E-state index in [0.717, 1.165) is 16.7 Å². The van der Waals surface area contributed by atoms with Gasteiger partial charge < -0.3 is 14.1 Å². The summed E-state index contributed by atoms with van der Waals surface area (Å²) in [4.78, 5) is 14.7. The van der Waals surface area contributed by atoms with Crippen LogP contribution in [-0.4, -0.2) is 56.3 Å². The van der Waals surface area contributed by atoms with E-state index < -0.39 is 10.0 Å². The first-order valence-corrected chi connectivity index (χ1v) is 11.2. The molecule has 0 atom stereocenters. The molecule has 3 rings (SSSR count). The molecule has 1 fully saturated rings. The van der Waals surface area contributed by atoms with Gasteiger partial charge in [0.15, 0.2) is 5.76 Å². The first-order chi connectivity index (χ1) is 13.7. The van der Waals surface area contributed by atoms with Crippen molar-refractivity contribution in [1.82, 2.24) is 9.21 Å². The maximum atomic E-state index is 13.2. The fraction of sp³-hybridized carbons (Fsp3) is 0.476. The molecule has 29 heavy (non-hydrogen) atoms. The first-order valence-electron chi connectivity index (χ1n) is 9.77. The molecular weight excluding hydrogens is 392 g/mol. The Bertz CT molecular complexity index is 965. The lowest BCUT2D eigenvalue weighted by molar-refractivity contribution is 0.0654. The highest BCUT2D eigenvalue weighted by Crippen LogP contribution is 2.26. The van der Waals surface area contributed by atoms with E-state index >= 15 is 0 Å². The molecule has 1 saturated heterocycles. The van der Waals surface area contributed by atoms with Gasteiger partial charge in [-0.1, -0.05) is 17.7 Å². The summed E-state index contributed by atoms with van der Waals surface area (Å²) >= 11 is 0. The summed E-state index contributed by atoms with van der Waals surface area (Å²) in [6.45, 7) is 9.54. The van der Waals surface area contributed by atoms with Crippen LogP contribution in [0.3, 0.4) is 0 Å². The van der Waals surface area contributed by atoms with E-state index in [-0.39, 0.29) is 24.8 Å². The Morgan fingerprint density at radius 1 is 1.07 bits per heavy atom. The Morgan fingerprint density at radius 2 is 1.69 bits per heavy atom. The zero-order valence-corrected chi connectivity index (χ0v) is 18.2. The number of hydrogen-bond donors (Lipinski definition) is 0. The number of sulfonamides is 1. The minimum atomic E-state index is -3.60. The number of hydrogen-bond acceptors (Lipinski definition) is 5. The molecule has 0 unspecified atom stereocenters. The number of benzene rings is 1. The molecule has 0 N–H and O–H groups in total. The summed E-state index contributed by atoms with van der Waals surface area (Å²) in [7, 11) is -3.60. The summed E-state index contributed by atoms with van der Waals surface area (Å²) in [6, 6.07) is 7.14. The lowest BCUT2D eigenvalue weighted by Crippen LogP contribution is -2.50. The van der Waals surface area contributed by atoms with Gasteiger partial charge in [0.05, 0.1) is 4.90 Å². The van der Waals surface area contributed by atoms with Crippen LogP contribution >= 0.6 is 0 Å². The van der Waals surface area contributed by atoms with Crippen molar-refractivity contribution in [2.75, 3.05) is 32.8 Å². The molecule has 1 amide bonds. The van der Waals surface area contributed by atoms with Gasteiger partial charge in [-0.2, -0.15) is 4.31 Å². The van der Waals surface area contributed by atoms with Crippen molar-refractivity contribution < 1.29 is 22.4 Å². The standard InChI is InChI=1S/C21H28N2O5S/c1-5-27-14-18-6-7-19(28-18)21(24)22-8-10-23(11-9-22)29(25,26)20-16(3)12-15(2)13-17(20)4/h6-7,12-13H,5,8-11,14H2,1-4H3. The van der Waals surface area contributed by atoms with E-state index in [2.05, 4.69) is 0 Å². The Kier molecular flexibility index (Phi) is 6.45. The predicted molar refractivity (Wildman–Crippen MR) is 109 cm³/mol. The highest BCUT2D eigenvalue weighted by Gasteiger charge is 2.33. The van der Waals surface area contributed by atoms with Crippen molar-refractivity contribution in [2.24, 2.45) is 0 Å². The number of carbonyl (C=O) groups excluding carboxylic acids is 1. The zero-order chi connectivity index (χ0) is 21.2. The second-order valence-electron chi connectivity index (χ2n) is 7.33. The summed E-state index contributed by atoms with van der Waals surface area (Å²) in [5.74, 6) is 0.621. The van der Waals surface area contributed by atoms with Crippen LogP contribution in [0.1, 0.15) is 39.9 Å². The zero-order valence-electron chi connectivity index (χ0n) is 17.4. The number of carbonyl (C=O) groups is 1. The molecule has 8 heteroatoms. The Balaban J connectivity index is 1.68. The number of ether oxygens (including phenoxy) is 1. The van der Waals surface area contributed by atoms with Gasteiger partial charge in [0, 0.05) is 32.8 Å². The molecule has 7 nitrogen and oxygen atoms in total. The Hall–Kier alpha value is -2.16. The summed E-state index contributed by atoms with van der Waals surface area (Å²) < 4.78 is 38.7. The number of aryl methyl sites for hydroxylation is 3. The third-order valence-corrected chi connectivity index (χ3v) is 7.25. The fourth-order valence-corrected chi connectivity index (χ4v) is 5.60. The average molecular weight is 421 g/mol. The summed E-state index contributed by atoms with van der Waals surface area (Å²) in [5.41, 5.74) is 2.54. The quantitative estimate of drug-likeness (QED) is 0.718. The van der Waals surface area contributed by atoms with Crippen LogP contribution in [0, 0.1) is 20.8 Å². The van der Waals surface area contributed by atoms with E-state index in [0.29, 0.717) is 37.0 Å². The molecule has 1 aliphatic heterocycles. The molecule has 2 heterocycles. The molecule has 0 radical (unpaired) electrons. The van der Waals surface area contributed by atoms with Crippen LogP contribution in [0.15, 0.2) is 33.6 Å². The Morgan fingerprint density at radius 3 is 2.28 bits per heavy atom. The SMILES string of the molecule is CCOCc1ccc(C(=O)N2CCN(S(=O)(=O)c3c(C)cc(C)cc3C)CC2)o1. The number of furan rings is 1. The first kappa shape index (κ1) is 21.5. The monoisotopic (exact) mass is 420 g/mol. The van der Waals surface area contributed by atoms with Gasteiger partial charge in [0.1, 0.15) is 12.4 Å². The van der Waals surface area contributed by atoms with Crippen molar-refractivity contribution in [3.8, 4) is 0 Å². The topological polar surface area (TPSA) is 80.1 Å². The second-order valence-corrected chi connectivity index (χ2v) is 9.20. The van der Waals surface area contributed by atoms with Gasteiger partial charge in [0.2, 0.25) is 10.0 Å². The van der Waals surface area contributed by atoms with Crippen LogP contribution in [0.5, 0.6) is 0 Å². The van der Waals surface area contributed by atoms with Crippen LogP contribution in [0.2, 0.25) is 0 Å². The van der Waals surface area contributed by atoms with Crippen LogP contribution < -0.4 is 0 Å². The van der Waals surface area contributed by atoms with Crippen molar-refractivity contribution in [2.45, 2.75) is 39.2 Å². The summed E-state index contributed by atoms with van der Waals surface area (Å²) in [5, 5.41) is 0. The van der Waals surface area contributed by atoms with Crippen LogP contribution in [0.4, 0.5) is 0 Å². The van der Waals surface area contributed by atoms with Crippen molar-refractivity contribution >= 4 is 15.9 Å². The highest BCUT2D eigenvalue weighted by atomic mass is 32.2. The Labute approximate surface area is 172 Å². The minimum Gasteiger partial charge on any atom is -0.453 e. The van der Waals surface area contributed by atoms with Gasteiger partial charge in [-0.15, -0.1) is 0 Å². The van der Waals surface area contributed by atoms with Gasteiger partial charge in [-0.25, -0.2) is 8.42 Å². The maximum Gasteiger partial charge on any atom is 0.289 e. The fourth-order valence-electron chi connectivity index (χ4n) is 3.76. The van der Waals surface area contributed by atoms with Gasteiger partial charge in [-0.3, -0.25) is 4.79 Å². The average Bonchev–Trinajstić information content (AvgIpc) is 3.13. The third-order valence-electron chi connectivity index (χ3n) is 5.05. The second kappa shape index (κ2) is 8.69. The molecule has 1 aliphatic rings. The molecule has 1 aromatic heterocycles. The summed E-state index contributed by atoms with van der Waals surface area (Å²) in [6.07, 6.45) is 0. The van der Waals surface area contributed by atoms with Gasteiger partial charge in [0.25, 0.3) is 5.91 Å². The lowest BCUT2D eigenvalue weighted by atomic mass is 10.1. The number of nitrogens with zero attached hydrogens (tertiary/aromatic N) is 2. The van der Waals surface area contributed by atoms with Gasteiger partial charge in [-0.05, 0) is 51.0 Å². The molecule has 0 spiro atoms. The predicted octanol–water partition coefficient (Wildman–Crippen LogP) is 2.89. The highest BCUT2D eigenvalue weighted by molar-refractivity contribution is 7.89. The van der Waals surface area contributed by atoms with Crippen LogP contribution in [-0.2, 0) is 21.4 Å². The molecule has 0 saturated carbocycles. The van der Waals surface area contributed by atoms with E-state index in [1.165, 1.54) is 4.31 Å². The van der Waals surface area contributed by atoms with E-state index in [1.54, 1.807) is 17.0 Å². The third kappa shape index (κ3) is 4.55. The van der Waals surface area contributed by atoms with Gasteiger partial charge >= 0.3 is 0 Å². The molecule has 0 bridgehead atoms. The van der Waals surface area contributed by atoms with E-state index in [9.17, 15) is 13.2 Å². The largest absolute Gasteiger partial charge is 0.453 e. The van der Waals surface area contributed by atoms with E-state index in [1.807, 2.05) is 39.8 Å². The maximum absolute atomic E-state index is 13.2. The lowest BCUT2D eigenvalue weighted by Gasteiger charge is -2.34. The smallest absolute Gasteiger partial charge is 0.289 e.